The van der Waals surface area contributed by atoms with Gasteiger partial charge in [0, 0.05) is 6.54 Å². The molecule has 0 spiro atoms. The van der Waals surface area contributed by atoms with E-state index in [1.54, 1.807) is 0 Å². The van der Waals surface area contributed by atoms with Crippen molar-refractivity contribution in [2.75, 3.05) is 26.2 Å². The number of rotatable bonds is 5. The normalized spacial score (nSPS) is 22.8. The van der Waals surface area contributed by atoms with Crippen LogP contribution < -0.4 is 4.74 Å². The maximum atomic E-state index is 5.98. The molecular formula is C19H29NO. The molecule has 0 N–H and O–H groups in total. The van der Waals surface area contributed by atoms with Crippen molar-refractivity contribution in [2.24, 2.45) is 0 Å². The Hall–Kier alpha value is -1.02. The van der Waals surface area contributed by atoms with Crippen LogP contribution in [-0.2, 0) is 6.42 Å². The highest BCUT2D eigenvalue weighted by molar-refractivity contribution is 5.39. The van der Waals surface area contributed by atoms with Gasteiger partial charge in [-0.2, -0.15) is 0 Å². The summed E-state index contributed by atoms with van der Waals surface area (Å²) in [5.41, 5.74) is 3.06. The molecule has 2 aliphatic rings. The summed E-state index contributed by atoms with van der Waals surface area (Å²) in [6, 6.07) is 6.74. The summed E-state index contributed by atoms with van der Waals surface area (Å²) in [5, 5.41) is 0. The van der Waals surface area contributed by atoms with Gasteiger partial charge in [-0.15, -0.1) is 0 Å². The number of piperidine rings is 1. The molecule has 1 aromatic rings. The van der Waals surface area contributed by atoms with Gasteiger partial charge in [0.25, 0.3) is 0 Å². The smallest absolute Gasteiger partial charge is 0.119 e. The molecule has 0 amide bonds. The zero-order valence-electron chi connectivity index (χ0n) is 13.4. The van der Waals surface area contributed by atoms with Crippen LogP contribution >= 0.6 is 0 Å². The van der Waals surface area contributed by atoms with Gasteiger partial charge < -0.3 is 9.64 Å². The second-order valence-corrected chi connectivity index (χ2v) is 6.76. The third-order valence-corrected chi connectivity index (χ3v) is 5.07. The fourth-order valence-corrected chi connectivity index (χ4v) is 3.76. The zero-order valence-corrected chi connectivity index (χ0v) is 13.4. The van der Waals surface area contributed by atoms with Gasteiger partial charge >= 0.3 is 0 Å². The molecule has 2 heteroatoms. The fraction of sp³-hybridized carbons (Fsp3) is 0.684. The van der Waals surface area contributed by atoms with Crippen molar-refractivity contribution in [3.05, 3.63) is 29.3 Å². The lowest BCUT2D eigenvalue weighted by Crippen LogP contribution is -2.31. The molecule has 1 fully saturated rings. The third-order valence-electron chi connectivity index (χ3n) is 5.07. The topological polar surface area (TPSA) is 12.5 Å². The first-order chi connectivity index (χ1) is 10.3. The Kier molecular flexibility index (Phi) is 5.18. The van der Waals surface area contributed by atoms with E-state index in [1.165, 1.54) is 69.3 Å². The van der Waals surface area contributed by atoms with Crippen molar-refractivity contribution in [3.8, 4) is 5.75 Å². The van der Waals surface area contributed by atoms with Crippen LogP contribution in [0.5, 0.6) is 5.75 Å². The minimum atomic E-state index is 0.700. The molecule has 1 heterocycles. The molecule has 3 rings (SSSR count). The van der Waals surface area contributed by atoms with Crippen molar-refractivity contribution in [1.82, 2.24) is 4.90 Å². The van der Waals surface area contributed by atoms with E-state index in [0.29, 0.717) is 5.92 Å². The quantitative estimate of drug-likeness (QED) is 0.745. The van der Waals surface area contributed by atoms with E-state index in [1.807, 2.05) is 0 Å². The number of hydrogen-bond acceptors (Lipinski definition) is 2. The highest BCUT2D eigenvalue weighted by Crippen LogP contribution is 2.33. The van der Waals surface area contributed by atoms with Crippen LogP contribution in [0, 0.1) is 0 Å². The molecule has 2 nitrogen and oxygen atoms in total. The zero-order chi connectivity index (χ0) is 14.5. The second-order valence-electron chi connectivity index (χ2n) is 6.76. The lowest BCUT2D eigenvalue weighted by Gasteiger charge is -2.26. The molecule has 1 saturated heterocycles. The van der Waals surface area contributed by atoms with E-state index in [0.717, 1.165) is 18.8 Å². The third kappa shape index (κ3) is 4.00. The van der Waals surface area contributed by atoms with Crippen molar-refractivity contribution in [2.45, 2.75) is 57.8 Å². The first-order valence-electron chi connectivity index (χ1n) is 8.81. The first kappa shape index (κ1) is 14.9. The number of likely N-dealkylation sites (tertiary alicyclic amines) is 1. The van der Waals surface area contributed by atoms with Gasteiger partial charge in [-0.3, -0.25) is 0 Å². The van der Waals surface area contributed by atoms with Gasteiger partial charge in [-0.25, -0.2) is 0 Å². The molecule has 0 radical (unpaired) electrons. The van der Waals surface area contributed by atoms with E-state index < -0.39 is 0 Å². The van der Waals surface area contributed by atoms with Crippen LogP contribution in [0.2, 0.25) is 0 Å². The Bertz CT molecular complexity index is 451. The van der Waals surface area contributed by atoms with E-state index in [2.05, 4.69) is 30.0 Å². The number of benzene rings is 1. The summed E-state index contributed by atoms with van der Waals surface area (Å²) in [6.45, 7) is 6.97. The highest BCUT2D eigenvalue weighted by Gasteiger charge is 2.16. The Labute approximate surface area is 129 Å². The number of ether oxygens (including phenoxy) is 1. The van der Waals surface area contributed by atoms with Crippen LogP contribution in [-0.4, -0.2) is 31.1 Å². The fourth-order valence-electron chi connectivity index (χ4n) is 3.76. The molecule has 21 heavy (non-hydrogen) atoms. The molecule has 0 aromatic heterocycles. The standard InChI is InChI=1S/C19H29NO/c1-16-7-5-8-17-9-10-18(15-19(16)17)21-14-6-13-20-11-3-2-4-12-20/h9-10,15-16H,2-8,11-14H2,1H3. The Morgan fingerprint density at radius 3 is 2.86 bits per heavy atom. The second kappa shape index (κ2) is 7.31. The van der Waals surface area contributed by atoms with Gasteiger partial charge in [0.2, 0.25) is 0 Å². The van der Waals surface area contributed by atoms with Gasteiger partial charge in [0.15, 0.2) is 0 Å². The van der Waals surface area contributed by atoms with Crippen molar-refractivity contribution < 1.29 is 4.74 Å². The van der Waals surface area contributed by atoms with Crippen LogP contribution in [0.25, 0.3) is 0 Å². The minimum Gasteiger partial charge on any atom is -0.494 e. The Morgan fingerprint density at radius 1 is 1.14 bits per heavy atom. The van der Waals surface area contributed by atoms with Crippen LogP contribution in [0.3, 0.4) is 0 Å². The van der Waals surface area contributed by atoms with Crippen LogP contribution in [0.15, 0.2) is 18.2 Å². The monoisotopic (exact) mass is 287 g/mol. The first-order valence-corrected chi connectivity index (χ1v) is 8.81. The largest absolute Gasteiger partial charge is 0.494 e. The van der Waals surface area contributed by atoms with Crippen molar-refractivity contribution >= 4 is 0 Å². The molecule has 1 unspecified atom stereocenters. The summed E-state index contributed by atoms with van der Waals surface area (Å²) >= 11 is 0. The molecule has 1 atom stereocenters. The highest BCUT2D eigenvalue weighted by atomic mass is 16.5. The summed E-state index contributed by atoms with van der Waals surface area (Å²) in [4.78, 5) is 2.59. The summed E-state index contributed by atoms with van der Waals surface area (Å²) in [6.07, 6.45) is 9.23. The van der Waals surface area contributed by atoms with Crippen molar-refractivity contribution in [3.63, 3.8) is 0 Å². The molecule has 116 valence electrons. The van der Waals surface area contributed by atoms with Gasteiger partial charge in [0.1, 0.15) is 5.75 Å². The predicted molar refractivity (Wildman–Crippen MR) is 88.2 cm³/mol. The minimum absolute atomic E-state index is 0.700. The molecule has 1 aliphatic heterocycles. The molecule has 0 bridgehead atoms. The van der Waals surface area contributed by atoms with Crippen molar-refractivity contribution in [1.29, 1.82) is 0 Å². The summed E-state index contributed by atoms with van der Waals surface area (Å²) < 4.78 is 5.98. The van der Waals surface area contributed by atoms with Gasteiger partial charge in [-0.1, -0.05) is 19.4 Å². The average Bonchev–Trinajstić information content (AvgIpc) is 2.53. The molecule has 0 saturated carbocycles. The predicted octanol–water partition coefficient (Wildman–Crippen LogP) is 4.38. The average molecular weight is 287 g/mol. The van der Waals surface area contributed by atoms with Crippen LogP contribution in [0.4, 0.5) is 0 Å². The van der Waals surface area contributed by atoms with E-state index in [9.17, 15) is 0 Å². The summed E-state index contributed by atoms with van der Waals surface area (Å²) in [7, 11) is 0. The van der Waals surface area contributed by atoms with E-state index in [-0.39, 0.29) is 0 Å². The Morgan fingerprint density at radius 2 is 2.00 bits per heavy atom. The number of hydrogen-bond donors (Lipinski definition) is 0. The Balaban J connectivity index is 1.46. The van der Waals surface area contributed by atoms with Gasteiger partial charge in [0.05, 0.1) is 6.61 Å². The summed E-state index contributed by atoms with van der Waals surface area (Å²) in [5.74, 6) is 1.77. The number of aryl methyl sites for hydroxylation is 1. The number of fused-ring (bicyclic) bond motifs is 1. The van der Waals surface area contributed by atoms with E-state index >= 15 is 0 Å². The maximum Gasteiger partial charge on any atom is 0.119 e. The maximum absolute atomic E-state index is 5.98. The lowest BCUT2D eigenvalue weighted by molar-refractivity contribution is 0.205. The van der Waals surface area contributed by atoms with Crippen LogP contribution in [0.1, 0.15) is 62.5 Å². The van der Waals surface area contributed by atoms with E-state index in [4.69, 9.17) is 4.74 Å². The lowest BCUT2D eigenvalue weighted by atomic mass is 9.84. The molecular weight excluding hydrogens is 258 g/mol. The molecule has 1 aliphatic carbocycles. The SMILES string of the molecule is CC1CCCc2ccc(OCCCN3CCCCC3)cc21. The van der Waals surface area contributed by atoms with Gasteiger partial charge in [-0.05, 0) is 80.8 Å². The number of nitrogens with zero attached hydrogens (tertiary/aromatic N) is 1. The molecule has 1 aromatic carbocycles.